The molecule has 0 saturated heterocycles. The summed E-state index contributed by atoms with van der Waals surface area (Å²) in [7, 11) is 1.65. The highest BCUT2D eigenvalue weighted by Gasteiger charge is 2.13. The normalized spacial score (nSPS) is 10.8. The summed E-state index contributed by atoms with van der Waals surface area (Å²) >= 11 is 1.67. The van der Waals surface area contributed by atoms with Crippen LogP contribution in [0.4, 0.5) is 0 Å². The number of ether oxygens (including phenoxy) is 1. The zero-order chi connectivity index (χ0) is 23.8. The van der Waals surface area contributed by atoms with Gasteiger partial charge in [-0.3, -0.25) is 4.79 Å². The summed E-state index contributed by atoms with van der Waals surface area (Å²) in [5.41, 5.74) is 5.57. The van der Waals surface area contributed by atoms with E-state index in [1.807, 2.05) is 66.7 Å². The van der Waals surface area contributed by atoms with E-state index >= 15 is 0 Å². The predicted molar refractivity (Wildman–Crippen MR) is 135 cm³/mol. The van der Waals surface area contributed by atoms with Crippen molar-refractivity contribution in [3.63, 3.8) is 0 Å². The quantitative estimate of drug-likeness (QED) is 0.260. The van der Waals surface area contributed by atoms with Gasteiger partial charge in [-0.15, -0.1) is 0 Å². The summed E-state index contributed by atoms with van der Waals surface area (Å²) in [6.07, 6.45) is 0.789. The number of nitrogens with zero attached hydrogens (tertiary/aromatic N) is 3. The minimum absolute atomic E-state index is 0.0746. The molecule has 0 radical (unpaired) electrons. The van der Waals surface area contributed by atoms with Gasteiger partial charge >= 0.3 is 0 Å². The Balaban J connectivity index is 1.48. The fourth-order valence-corrected chi connectivity index (χ4v) is 4.57. The molecule has 1 amide bonds. The number of aromatic nitrogens is 2. The zero-order valence-electron chi connectivity index (χ0n) is 19.0. The SMILES string of the molecule is COCCCNC(=O)c1ccc(Cn2c(SCc3ccc(C#N)cc3)nc3ccccc32)cc1. The monoisotopic (exact) mass is 470 g/mol. The molecule has 0 fully saturated rings. The highest BCUT2D eigenvalue weighted by Crippen LogP contribution is 2.28. The first-order valence-electron chi connectivity index (χ1n) is 11.1. The zero-order valence-corrected chi connectivity index (χ0v) is 19.8. The second-order valence-corrected chi connectivity index (χ2v) is 8.81. The third-order valence-electron chi connectivity index (χ3n) is 5.44. The number of para-hydroxylation sites is 2. The Hall–Kier alpha value is -3.60. The molecule has 6 nitrogen and oxygen atoms in total. The highest BCUT2D eigenvalue weighted by molar-refractivity contribution is 7.98. The number of rotatable bonds is 10. The van der Waals surface area contributed by atoms with Gasteiger partial charge in [0.25, 0.3) is 5.91 Å². The van der Waals surface area contributed by atoms with Gasteiger partial charge in [0.05, 0.1) is 29.2 Å². The molecule has 1 aromatic heterocycles. The summed E-state index contributed by atoms with van der Waals surface area (Å²) in [6, 6.07) is 25.6. The van der Waals surface area contributed by atoms with Crippen molar-refractivity contribution in [2.24, 2.45) is 0 Å². The van der Waals surface area contributed by atoms with Crippen LogP contribution in [-0.2, 0) is 17.0 Å². The van der Waals surface area contributed by atoms with Crippen LogP contribution in [0.2, 0.25) is 0 Å². The lowest BCUT2D eigenvalue weighted by atomic mass is 10.1. The minimum atomic E-state index is -0.0746. The maximum atomic E-state index is 12.3. The lowest BCUT2D eigenvalue weighted by molar-refractivity contribution is 0.0948. The van der Waals surface area contributed by atoms with E-state index < -0.39 is 0 Å². The number of methoxy groups -OCH3 is 1. The molecule has 172 valence electrons. The van der Waals surface area contributed by atoms with Crippen LogP contribution in [-0.4, -0.2) is 35.7 Å². The number of hydrogen-bond acceptors (Lipinski definition) is 5. The van der Waals surface area contributed by atoms with Gasteiger partial charge < -0.3 is 14.6 Å². The van der Waals surface area contributed by atoms with Crippen molar-refractivity contribution in [3.8, 4) is 6.07 Å². The predicted octanol–water partition coefficient (Wildman–Crippen LogP) is 5.01. The maximum Gasteiger partial charge on any atom is 0.251 e. The number of nitriles is 1. The maximum absolute atomic E-state index is 12.3. The summed E-state index contributed by atoms with van der Waals surface area (Å²) in [4.78, 5) is 17.2. The Morgan fingerprint density at radius 3 is 2.53 bits per heavy atom. The van der Waals surface area contributed by atoms with Crippen LogP contribution in [0.5, 0.6) is 0 Å². The number of benzene rings is 3. The standard InChI is InChI=1S/C27H26N4O2S/c1-33-16-4-15-29-26(32)23-13-11-21(12-14-23)18-31-25-6-3-2-5-24(25)30-27(31)34-19-22-9-7-20(17-28)8-10-22/h2-3,5-14H,4,15-16,18-19H2,1H3,(H,29,32). The van der Waals surface area contributed by atoms with E-state index in [2.05, 4.69) is 22.0 Å². The molecule has 7 heteroatoms. The summed E-state index contributed by atoms with van der Waals surface area (Å²) < 4.78 is 7.23. The molecule has 1 heterocycles. The number of hydrogen-bond donors (Lipinski definition) is 1. The minimum Gasteiger partial charge on any atom is -0.385 e. The van der Waals surface area contributed by atoms with Gasteiger partial charge in [-0.05, 0) is 53.9 Å². The molecule has 0 aliphatic heterocycles. The fourth-order valence-electron chi connectivity index (χ4n) is 3.60. The summed E-state index contributed by atoms with van der Waals surface area (Å²) in [5, 5.41) is 12.9. The van der Waals surface area contributed by atoms with Gasteiger partial charge in [-0.1, -0.05) is 48.2 Å². The van der Waals surface area contributed by atoms with Gasteiger partial charge in [-0.2, -0.15) is 5.26 Å². The Morgan fingerprint density at radius 1 is 1.06 bits per heavy atom. The molecule has 0 atom stereocenters. The molecule has 0 spiro atoms. The first kappa shape index (κ1) is 23.6. The van der Waals surface area contributed by atoms with E-state index in [0.29, 0.717) is 30.8 Å². The molecular weight excluding hydrogens is 444 g/mol. The first-order valence-corrected chi connectivity index (χ1v) is 12.1. The largest absolute Gasteiger partial charge is 0.385 e. The molecule has 3 aromatic carbocycles. The van der Waals surface area contributed by atoms with E-state index in [-0.39, 0.29) is 5.91 Å². The third kappa shape index (κ3) is 5.84. The van der Waals surface area contributed by atoms with E-state index in [1.165, 1.54) is 0 Å². The van der Waals surface area contributed by atoms with Crippen molar-refractivity contribution in [2.75, 3.05) is 20.3 Å². The van der Waals surface area contributed by atoms with Crippen LogP contribution < -0.4 is 5.32 Å². The second kappa shape index (κ2) is 11.5. The summed E-state index contributed by atoms with van der Waals surface area (Å²) in [6.45, 7) is 1.88. The Labute approximate surface area is 203 Å². The first-order chi connectivity index (χ1) is 16.7. The van der Waals surface area contributed by atoms with Gasteiger partial charge in [0.1, 0.15) is 0 Å². The molecular formula is C27H26N4O2S. The van der Waals surface area contributed by atoms with E-state index in [9.17, 15) is 4.79 Å². The topological polar surface area (TPSA) is 79.9 Å². The van der Waals surface area contributed by atoms with Crippen molar-refractivity contribution in [1.29, 1.82) is 5.26 Å². The summed E-state index contributed by atoms with van der Waals surface area (Å²) in [5.74, 6) is 0.686. The number of nitrogens with one attached hydrogen (secondary N) is 1. The molecule has 0 saturated carbocycles. The van der Waals surface area contributed by atoms with Crippen LogP contribution in [0.3, 0.4) is 0 Å². The number of fused-ring (bicyclic) bond motifs is 1. The van der Waals surface area contributed by atoms with Crippen LogP contribution in [0.1, 0.15) is 33.5 Å². The van der Waals surface area contributed by atoms with Gasteiger partial charge in [0.2, 0.25) is 0 Å². The fraction of sp³-hybridized carbons (Fsp3) is 0.222. The Kier molecular flexibility index (Phi) is 7.97. The van der Waals surface area contributed by atoms with E-state index in [0.717, 1.165) is 39.5 Å². The average molecular weight is 471 g/mol. The van der Waals surface area contributed by atoms with E-state index in [1.54, 1.807) is 18.9 Å². The van der Waals surface area contributed by atoms with Crippen LogP contribution in [0.25, 0.3) is 11.0 Å². The smallest absolute Gasteiger partial charge is 0.251 e. The van der Waals surface area contributed by atoms with Crippen molar-refractivity contribution in [3.05, 3.63) is 95.1 Å². The number of amides is 1. The van der Waals surface area contributed by atoms with Crippen molar-refractivity contribution < 1.29 is 9.53 Å². The van der Waals surface area contributed by atoms with Crippen LogP contribution >= 0.6 is 11.8 Å². The van der Waals surface area contributed by atoms with Crippen molar-refractivity contribution in [2.45, 2.75) is 23.9 Å². The Morgan fingerprint density at radius 2 is 1.79 bits per heavy atom. The highest BCUT2D eigenvalue weighted by atomic mass is 32.2. The molecule has 0 bridgehead atoms. The lowest BCUT2D eigenvalue weighted by Gasteiger charge is -2.10. The Bertz CT molecular complexity index is 1290. The van der Waals surface area contributed by atoms with E-state index in [4.69, 9.17) is 15.0 Å². The van der Waals surface area contributed by atoms with Crippen molar-refractivity contribution in [1.82, 2.24) is 14.9 Å². The lowest BCUT2D eigenvalue weighted by Crippen LogP contribution is -2.25. The number of carbonyl (C=O) groups excluding carboxylic acids is 1. The van der Waals surface area contributed by atoms with Crippen LogP contribution in [0, 0.1) is 11.3 Å². The van der Waals surface area contributed by atoms with Gasteiger partial charge in [0.15, 0.2) is 5.16 Å². The number of carbonyl (C=O) groups is 1. The van der Waals surface area contributed by atoms with Gasteiger partial charge in [0, 0.05) is 31.6 Å². The molecule has 0 aliphatic rings. The van der Waals surface area contributed by atoms with Crippen LogP contribution in [0.15, 0.2) is 78.0 Å². The molecule has 0 aliphatic carbocycles. The number of imidazole rings is 1. The molecule has 1 N–H and O–H groups in total. The molecule has 34 heavy (non-hydrogen) atoms. The molecule has 0 unspecified atom stereocenters. The molecule has 4 aromatic rings. The second-order valence-electron chi connectivity index (χ2n) is 7.87. The third-order valence-corrected chi connectivity index (χ3v) is 6.49. The number of thioether (sulfide) groups is 1. The molecule has 4 rings (SSSR count). The van der Waals surface area contributed by atoms with Gasteiger partial charge in [-0.25, -0.2) is 4.98 Å². The average Bonchev–Trinajstić information content (AvgIpc) is 3.23. The van der Waals surface area contributed by atoms with Crippen molar-refractivity contribution >= 4 is 28.7 Å².